The molecule has 130 valence electrons. The fraction of sp³-hybridized carbons (Fsp3) is 0.389. The third-order valence-corrected chi connectivity index (χ3v) is 5.30. The predicted octanol–water partition coefficient (Wildman–Crippen LogP) is 3.74. The lowest BCUT2D eigenvalue weighted by Gasteiger charge is -2.09. The highest BCUT2D eigenvalue weighted by Gasteiger charge is 2.18. The number of aryl methyl sites for hydroxylation is 3. The number of fused-ring (bicyclic) bond motifs is 3. The second-order valence-corrected chi connectivity index (χ2v) is 7.12. The van der Waals surface area contributed by atoms with Crippen molar-refractivity contribution in [2.45, 2.75) is 39.0 Å². The minimum absolute atomic E-state index is 0.0629. The quantitative estimate of drug-likeness (QED) is 0.752. The number of rotatable bonds is 5. The molecule has 0 spiro atoms. The van der Waals surface area contributed by atoms with Crippen molar-refractivity contribution in [3.63, 3.8) is 0 Å². The van der Waals surface area contributed by atoms with E-state index < -0.39 is 0 Å². The summed E-state index contributed by atoms with van der Waals surface area (Å²) in [6.07, 6.45) is 5.23. The average Bonchev–Trinajstić information content (AvgIpc) is 3.23. The topological polar surface area (TPSA) is 77.2 Å². The van der Waals surface area contributed by atoms with Gasteiger partial charge < -0.3 is 9.15 Å². The highest BCUT2D eigenvalue weighted by atomic mass is 32.1. The summed E-state index contributed by atoms with van der Waals surface area (Å²) in [4.78, 5) is 12.0. The van der Waals surface area contributed by atoms with E-state index in [-0.39, 0.29) is 12.5 Å². The van der Waals surface area contributed by atoms with E-state index in [9.17, 15) is 4.79 Å². The molecule has 4 rings (SSSR count). The van der Waals surface area contributed by atoms with Gasteiger partial charge in [-0.2, -0.15) is 0 Å². The molecule has 2 aromatic heterocycles. The number of ether oxygens (including phenoxy) is 1. The van der Waals surface area contributed by atoms with Crippen molar-refractivity contribution < 1.29 is 13.9 Å². The standard InChI is InChI=1S/C18H19N3O3S/c1-2-17-20-21-18(25-17)19-16(22)10-23-11-7-8-15-13(9-11)12-5-3-4-6-14(12)24-15/h7-9H,2-6,10H2,1H3,(H,19,21,22). The Labute approximate surface area is 149 Å². The number of aromatic nitrogens is 2. The van der Waals surface area contributed by atoms with Crippen LogP contribution < -0.4 is 10.1 Å². The monoisotopic (exact) mass is 357 g/mol. The maximum atomic E-state index is 12.0. The van der Waals surface area contributed by atoms with Gasteiger partial charge in [-0.25, -0.2) is 0 Å². The van der Waals surface area contributed by atoms with Gasteiger partial charge in [0.1, 0.15) is 22.1 Å². The zero-order valence-corrected chi connectivity index (χ0v) is 14.8. The van der Waals surface area contributed by atoms with Crippen molar-refractivity contribution in [3.8, 4) is 5.75 Å². The molecule has 1 aliphatic carbocycles. The van der Waals surface area contributed by atoms with Gasteiger partial charge in [0.15, 0.2) is 6.61 Å². The summed E-state index contributed by atoms with van der Waals surface area (Å²) < 4.78 is 11.6. The van der Waals surface area contributed by atoms with Crippen LogP contribution in [0, 0.1) is 0 Å². The molecule has 0 radical (unpaired) electrons. The highest BCUT2D eigenvalue weighted by Crippen LogP contribution is 2.33. The van der Waals surface area contributed by atoms with Crippen molar-refractivity contribution in [2.75, 3.05) is 11.9 Å². The SMILES string of the molecule is CCc1nnc(NC(=O)COc2ccc3oc4c(c3c2)CCCC4)s1. The van der Waals surface area contributed by atoms with E-state index >= 15 is 0 Å². The molecule has 1 amide bonds. The molecule has 0 unspecified atom stereocenters. The number of furan rings is 1. The van der Waals surface area contributed by atoms with E-state index in [0.29, 0.717) is 10.9 Å². The molecule has 3 aromatic rings. The van der Waals surface area contributed by atoms with Gasteiger partial charge in [-0.1, -0.05) is 18.3 Å². The number of nitrogens with one attached hydrogen (secondary N) is 1. The zero-order chi connectivity index (χ0) is 17.2. The van der Waals surface area contributed by atoms with E-state index in [4.69, 9.17) is 9.15 Å². The zero-order valence-electron chi connectivity index (χ0n) is 14.0. The minimum Gasteiger partial charge on any atom is -0.484 e. The van der Waals surface area contributed by atoms with Crippen molar-refractivity contribution in [1.29, 1.82) is 0 Å². The van der Waals surface area contributed by atoms with Gasteiger partial charge in [0.05, 0.1) is 0 Å². The third-order valence-electron chi connectivity index (χ3n) is 4.31. The Balaban J connectivity index is 1.42. The van der Waals surface area contributed by atoms with E-state index in [2.05, 4.69) is 15.5 Å². The second-order valence-electron chi connectivity index (χ2n) is 6.06. The molecule has 0 saturated heterocycles. The lowest BCUT2D eigenvalue weighted by molar-refractivity contribution is -0.118. The van der Waals surface area contributed by atoms with Crippen LogP contribution in [0.25, 0.3) is 11.0 Å². The van der Waals surface area contributed by atoms with Crippen molar-refractivity contribution in [2.24, 2.45) is 0 Å². The number of hydrogen-bond donors (Lipinski definition) is 1. The second kappa shape index (κ2) is 6.84. The first kappa shape index (κ1) is 16.1. The summed E-state index contributed by atoms with van der Waals surface area (Å²) in [5.41, 5.74) is 2.18. The molecule has 0 atom stereocenters. The first-order chi connectivity index (χ1) is 12.2. The molecule has 25 heavy (non-hydrogen) atoms. The average molecular weight is 357 g/mol. The van der Waals surface area contributed by atoms with Crippen LogP contribution in [0.1, 0.15) is 36.1 Å². The van der Waals surface area contributed by atoms with Gasteiger partial charge in [0.2, 0.25) is 5.13 Å². The molecule has 0 saturated carbocycles. The molecule has 1 N–H and O–H groups in total. The van der Waals surface area contributed by atoms with Crippen molar-refractivity contribution >= 4 is 33.3 Å². The first-order valence-corrected chi connectivity index (χ1v) is 9.34. The lowest BCUT2D eigenvalue weighted by atomic mass is 9.96. The summed E-state index contributed by atoms with van der Waals surface area (Å²) >= 11 is 1.38. The van der Waals surface area contributed by atoms with Crippen LogP contribution in [0.15, 0.2) is 22.6 Å². The van der Waals surface area contributed by atoms with Crippen LogP contribution in [-0.4, -0.2) is 22.7 Å². The summed E-state index contributed by atoms with van der Waals surface area (Å²) in [6.45, 7) is 1.94. The molecule has 2 heterocycles. The molecule has 0 aliphatic heterocycles. The molecular weight excluding hydrogens is 338 g/mol. The smallest absolute Gasteiger partial charge is 0.264 e. The third kappa shape index (κ3) is 3.37. The van der Waals surface area contributed by atoms with Gasteiger partial charge >= 0.3 is 0 Å². The molecule has 1 aromatic carbocycles. The molecular formula is C18H19N3O3S. The fourth-order valence-corrected chi connectivity index (χ4v) is 3.78. The Kier molecular flexibility index (Phi) is 4.40. The summed E-state index contributed by atoms with van der Waals surface area (Å²) in [5.74, 6) is 1.52. The van der Waals surface area contributed by atoms with E-state index in [1.165, 1.54) is 29.7 Å². The summed E-state index contributed by atoms with van der Waals surface area (Å²) in [7, 11) is 0. The number of hydrogen-bond acceptors (Lipinski definition) is 6. The van der Waals surface area contributed by atoms with Crippen LogP contribution in [0.5, 0.6) is 5.75 Å². The Morgan fingerprint density at radius 1 is 1.32 bits per heavy atom. The minimum atomic E-state index is -0.242. The van der Waals surface area contributed by atoms with Crippen LogP contribution in [0.3, 0.4) is 0 Å². The van der Waals surface area contributed by atoms with Gasteiger partial charge in [0.25, 0.3) is 5.91 Å². The van der Waals surface area contributed by atoms with Gasteiger partial charge in [-0.05, 0) is 43.9 Å². The van der Waals surface area contributed by atoms with Gasteiger partial charge in [0, 0.05) is 17.4 Å². The largest absolute Gasteiger partial charge is 0.484 e. The summed E-state index contributed by atoms with van der Waals surface area (Å²) in [5, 5.41) is 13.1. The van der Waals surface area contributed by atoms with Crippen LogP contribution in [0.2, 0.25) is 0 Å². The number of carbonyl (C=O) groups excluding carboxylic acids is 1. The van der Waals surface area contributed by atoms with Gasteiger partial charge in [-0.15, -0.1) is 10.2 Å². The number of carbonyl (C=O) groups is 1. The van der Waals surface area contributed by atoms with E-state index in [0.717, 1.165) is 41.0 Å². The van der Waals surface area contributed by atoms with Crippen molar-refractivity contribution in [3.05, 3.63) is 34.5 Å². The van der Waals surface area contributed by atoms with Crippen LogP contribution >= 0.6 is 11.3 Å². The van der Waals surface area contributed by atoms with E-state index in [1.807, 2.05) is 25.1 Å². The number of anilines is 1. The normalized spacial score (nSPS) is 13.6. The highest BCUT2D eigenvalue weighted by molar-refractivity contribution is 7.15. The maximum absolute atomic E-state index is 12.0. The summed E-state index contributed by atoms with van der Waals surface area (Å²) in [6, 6.07) is 5.72. The first-order valence-electron chi connectivity index (χ1n) is 8.52. The van der Waals surface area contributed by atoms with Crippen LogP contribution in [0.4, 0.5) is 5.13 Å². The number of nitrogens with zero attached hydrogens (tertiary/aromatic N) is 2. The number of amides is 1. The van der Waals surface area contributed by atoms with Gasteiger partial charge in [-0.3, -0.25) is 10.1 Å². The molecule has 6 nitrogen and oxygen atoms in total. The fourth-order valence-electron chi connectivity index (χ4n) is 3.08. The molecule has 0 fully saturated rings. The van der Waals surface area contributed by atoms with Crippen LogP contribution in [-0.2, 0) is 24.1 Å². The molecule has 7 heteroatoms. The maximum Gasteiger partial charge on any atom is 0.264 e. The Morgan fingerprint density at radius 2 is 2.20 bits per heavy atom. The number of benzene rings is 1. The lowest BCUT2D eigenvalue weighted by Crippen LogP contribution is -2.20. The Bertz CT molecular complexity index is 916. The predicted molar refractivity (Wildman–Crippen MR) is 96.3 cm³/mol. The van der Waals surface area contributed by atoms with E-state index in [1.54, 1.807) is 0 Å². The molecule has 1 aliphatic rings. The Hall–Kier alpha value is -2.41. The molecule has 0 bridgehead atoms. The Morgan fingerprint density at radius 3 is 3.04 bits per heavy atom. The van der Waals surface area contributed by atoms with Crippen molar-refractivity contribution in [1.82, 2.24) is 10.2 Å².